The fourth-order valence-electron chi connectivity index (χ4n) is 2.15. The van der Waals surface area contributed by atoms with Crippen LogP contribution >= 0.6 is 0 Å². The molecule has 0 amide bonds. The molecule has 2 rings (SSSR count). The number of nitrogens with one attached hydrogen (secondary N) is 1. The molecule has 5 heteroatoms. The van der Waals surface area contributed by atoms with Crippen LogP contribution in [0, 0.1) is 0 Å². The largest absolute Gasteiger partial charge is 0.378 e. The summed E-state index contributed by atoms with van der Waals surface area (Å²) >= 11 is 0. The molecule has 1 saturated heterocycles. The van der Waals surface area contributed by atoms with Crippen LogP contribution in [0.4, 0.5) is 0 Å². The zero-order valence-electron chi connectivity index (χ0n) is 10.9. The van der Waals surface area contributed by atoms with Gasteiger partial charge in [-0.15, -0.1) is 0 Å². The summed E-state index contributed by atoms with van der Waals surface area (Å²) in [5, 5.41) is 7.49. The Morgan fingerprint density at radius 3 is 3.00 bits per heavy atom. The van der Waals surface area contributed by atoms with Gasteiger partial charge in [0.2, 0.25) is 0 Å². The third kappa shape index (κ3) is 4.23. The number of aryl methyl sites for hydroxylation is 1. The number of piperidine rings is 1. The molecule has 1 aromatic heterocycles. The first-order valence-corrected chi connectivity index (χ1v) is 6.56. The van der Waals surface area contributed by atoms with Crippen LogP contribution in [-0.2, 0) is 23.0 Å². The van der Waals surface area contributed by atoms with Crippen molar-refractivity contribution in [1.29, 1.82) is 0 Å². The van der Waals surface area contributed by atoms with Gasteiger partial charge in [-0.25, -0.2) is 0 Å². The molecule has 2 heterocycles. The second kappa shape index (κ2) is 6.66. The number of rotatable bonds is 6. The molecule has 1 aromatic rings. The van der Waals surface area contributed by atoms with E-state index >= 15 is 0 Å². The Balaban J connectivity index is 1.62. The zero-order chi connectivity index (χ0) is 12.8. The maximum atomic E-state index is 11.7. The molecule has 1 aliphatic heterocycles. The smallest absolute Gasteiger partial charge is 0.141 e. The Hall–Kier alpha value is -1.20. The first kappa shape index (κ1) is 13.2. The summed E-state index contributed by atoms with van der Waals surface area (Å²) in [7, 11) is 1.86. The van der Waals surface area contributed by atoms with Gasteiger partial charge < -0.3 is 10.1 Å². The van der Waals surface area contributed by atoms with Crippen LogP contribution in [0.15, 0.2) is 12.3 Å². The van der Waals surface area contributed by atoms with E-state index in [1.54, 1.807) is 4.68 Å². The lowest BCUT2D eigenvalue weighted by molar-refractivity contribution is -0.120. The zero-order valence-corrected chi connectivity index (χ0v) is 10.9. The molecule has 18 heavy (non-hydrogen) atoms. The molecule has 1 N–H and O–H groups in total. The number of carbonyl (C=O) groups excluding carboxylic acids is 1. The molecule has 0 spiro atoms. The maximum Gasteiger partial charge on any atom is 0.141 e. The van der Waals surface area contributed by atoms with Crippen LogP contribution < -0.4 is 5.32 Å². The number of carbonyl (C=O) groups is 1. The number of aromatic nitrogens is 2. The van der Waals surface area contributed by atoms with Crippen molar-refractivity contribution in [3.63, 3.8) is 0 Å². The van der Waals surface area contributed by atoms with Crippen LogP contribution in [0.25, 0.3) is 0 Å². The molecular formula is C13H21N3O2. The number of hydrogen-bond donors (Lipinski definition) is 1. The van der Waals surface area contributed by atoms with E-state index in [0.717, 1.165) is 31.6 Å². The van der Waals surface area contributed by atoms with Crippen molar-refractivity contribution < 1.29 is 9.53 Å². The lowest BCUT2D eigenvalue weighted by Gasteiger charge is -2.22. The normalized spacial score (nSPS) is 16.9. The lowest BCUT2D eigenvalue weighted by atomic mass is 10.1. The number of ether oxygens (including phenoxy) is 1. The fourth-order valence-corrected chi connectivity index (χ4v) is 2.15. The average molecular weight is 251 g/mol. The van der Waals surface area contributed by atoms with Gasteiger partial charge >= 0.3 is 0 Å². The van der Waals surface area contributed by atoms with E-state index in [2.05, 4.69) is 10.4 Å². The van der Waals surface area contributed by atoms with Gasteiger partial charge in [-0.3, -0.25) is 9.48 Å². The second-order valence-electron chi connectivity index (χ2n) is 4.77. The van der Waals surface area contributed by atoms with Gasteiger partial charge in [-0.1, -0.05) is 0 Å². The molecule has 5 nitrogen and oxygen atoms in total. The second-order valence-corrected chi connectivity index (χ2v) is 4.77. The van der Waals surface area contributed by atoms with Gasteiger partial charge in [-0.2, -0.15) is 5.10 Å². The minimum Gasteiger partial charge on any atom is -0.378 e. The van der Waals surface area contributed by atoms with Crippen molar-refractivity contribution in [2.24, 2.45) is 7.05 Å². The SMILES string of the molecule is Cn1ccc(CC(=O)CCOC2CCNCC2)n1. The molecule has 0 saturated carbocycles. The van der Waals surface area contributed by atoms with E-state index in [0.29, 0.717) is 25.6 Å². The number of Topliss-reactive ketones (excluding diaryl/α,β-unsaturated/α-hetero) is 1. The molecule has 0 radical (unpaired) electrons. The highest BCUT2D eigenvalue weighted by Gasteiger charge is 2.14. The molecule has 0 atom stereocenters. The van der Waals surface area contributed by atoms with E-state index < -0.39 is 0 Å². The number of nitrogens with zero attached hydrogens (tertiary/aromatic N) is 2. The van der Waals surface area contributed by atoms with Crippen LogP contribution in [0.1, 0.15) is 25.0 Å². The molecule has 0 aromatic carbocycles. The minimum absolute atomic E-state index is 0.197. The van der Waals surface area contributed by atoms with Gasteiger partial charge in [0, 0.05) is 19.7 Å². The predicted octanol–water partition coefficient (Wildman–Crippen LogP) is 0.690. The topological polar surface area (TPSA) is 56.1 Å². The average Bonchev–Trinajstić information content (AvgIpc) is 2.76. The Morgan fingerprint density at radius 1 is 1.56 bits per heavy atom. The highest BCUT2D eigenvalue weighted by molar-refractivity contribution is 5.80. The van der Waals surface area contributed by atoms with Gasteiger partial charge in [-0.05, 0) is 32.0 Å². The van der Waals surface area contributed by atoms with E-state index in [-0.39, 0.29) is 5.78 Å². The third-order valence-electron chi connectivity index (χ3n) is 3.17. The summed E-state index contributed by atoms with van der Waals surface area (Å²) in [4.78, 5) is 11.7. The number of hydrogen-bond acceptors (Lipinski definition) is 4. The minimum atomic E-state index is 0.197. The van der Waals surface area contributed by atoms with Crippen molar-refractivity contribution in [2.75, 3.05) is 19.7 Å². The van der Waals surface area contributed by atoms with E-state index in [1.807, 2.05) is 19.3 Å². The molecule has 0 aliphatic carbocycles. The summed E-state index contributed by atoms with van der Waals surface area (Å²) in [6, 6.07) is 1.88. The molecule has 100 valence electrons. The van der Waals surface area contributed by atoms with Crippen molar-refractivity contribution in [3.05, 3.63) is 18.0 Å². The van der Waals surface area contributed by atoms with Gasteiger partial charge in [0.05, 0.1) is 24.8 Å². The van der Waals surface area contributed by atoms with Crippen LogP contribution in [0.2, 0.25) is 0 Å². The van der Waals surface area contributed by atoms with Crippen molar-refractivity contribution in [3.8, 4) is 0 Å². The standard InChI is InChI=1S/C13H21N3O2/c1-16-8-4-11(15-16)10-12(17)5-9-18-13-2-6-14-7-3-13/h4,8,13-14H,2-3,5-7,9-10H2,1H3. The highest BCUT2D eigenvalue weighted by Crippen LogP contribution is 2.08. The molecule has 1 aliphatic rings. The van der Waals surface area contributed by atoms with Crippen molar-refractivity contribution in [1.82, 2.24) is 15.1 Å². The van der Waals surface area contributed by atoms with E-state index in [4.69, 9.17) is 4.74 Å². The molecule has 0 unspecified atom stereocenters. The quantitative estimate of drug-likeness (QED) is 0.808. The maximum absolute atomic E-state index is 11.7. The van der Waals surface area contributed by atoms with Crippen LogP contribution in [0.3, 0.4) is 0 Å². The Labute approximate surface area is 108 Å². The van der Waals surface area contributed by atoms with Crippen LogP contribution in [-0.4, -0.2) is 41.4 Å². The first-order chi connectivity index (χ1) is 8.74. The molecular weight excluding hydrogens is 230 g/mol. The monoisotopic (exact) mass is 251 g/mol. The highest BCUT2D eigenvalue weighted by atomic mass is 16.5. The van der Waals surface area contributed by atoms with Crippen molar-refractivity contribution in [2.45, 2.75) is 31.8 Å². The summed E-state index contributed by atoms with van der Waals surface area (Å²) in [5.74, 6) is 0.197. The number of ketones is 1. The van der Waals surface area contributed by atoms with Gasteiger partial charge in [0.15, 0.2) is 0 Å². The lowest BCUT2D eigenvalue weighted by Crippen LogP contribution is -2.32. The Morgan fingerprint density at radius 2 is 2.33 bits per heavy atom. The van der Waals surface area contributed by atoms with Crippen LogP contribution in [0.5, 0.6) is 0 Å². The van der Waals surface area contributed by atoms with Gasteiger partial charge in [0.1, 0.15) is 5.78 Å². The van der Waals surface area contributed by atoms with E-state index in [1.165, 1.54) is 0 Å². The summed E-state index contributed by atoms with van der Waals surface area (Å²) in [6.07, 6.45) is 5.18. The predicted molar refractivity (Wildman–Crippen MR) is 68.4 cm³/mol. The fraction of sp³-hybridized carbons (Fsp3) is 0.692. The Bertz CT molecular complexity index is 383. The Kier molecular flexibility index (Phi) is 4.90. The summed E-state index contributed by atoms with van der Waals surface area (Å²) in [6.45, 7) is 2.58. The third-order valence-corrected chi connectivity index (χ3v) is 3.17. The van der Waals surface area contributed by atoms with E-state index in [9.17, 15) is 4.79 Å². The van der Waals surface area contributed by atoms with Gasteiger partial charge in [0.25, 0.3) is 0 Å². The summed E-state index contributed by atoms with van der Waals surface area (Å²) < 4.78 is 7.43. The summed E-state index contributed by atoms with van der Waals surface area (Å²) in [5.41, 5.74) is 0.837. The first-order valence-electron chi connectivity index (χ1n) is 6.56. The molecule has 0 bridgehead atoms. The molecule has 1 fully saturated rings. The van der Waals surface area contributed by atoms with Crippen molar-refractivity contribution >= 4 is 5.78 Å².